The molecule has 9 heteroatoms. The molecule has 0 saturated carbocycles. The van der Waals surface area contributed by atoms with Crippen LogP contribution in [0.5, 0.6) is 11.5 Å². The van der Waals surface area contributed by atoms with Gasteiger partial charge in [-0.05, 0) is 86.0 Å². The van der Waals surface area contributed by atoms with Crippen LogP contribution in [0.15, 0.2) is 64.0 Å². The number of rotatable bonds is 8. The van der Waals surface area contributed by atoms with Crippen molar-refractivity contribution >= 4 is 43.2 Å². The van der Waals surface area contributed by atoms with E-state index in [1.807, 2.05) is 26.0 Å². The number of nitrogens with one attached hydrogen (secondary N) is 1. The van der Waals surface area contributed by atoms with Gasteiger partial charge in [-0.15, -0.1) is 0 Å². The number of hydrogen-bond donors (Lipinski definition) is 1. The molecular formula is C25H27BrN2O5S. The number of carbonyl (C=O) groups is 1. The van der Waals surface area contributed by atoms with Crippen LogP contribution in [0.1, 0.15) is 16.7 Å². The molecule has 3 aromatic rings. The highest BCUT2D eigenvalue weighted by atomic mass is 79.9. The molecule has 0 heterocycles. The Balaban J connectivity index is 2.04. The quantitative estimate of drug-likeness (QED) is 0.418. The summed E-state index contributed by atoms with van der Waals surface area (Å²) in [7, 11) is -1.22. The first-order valence-electron chi connectivity index (χ1n) is 10.4. The van der Waals surface area contributed by atoms with Gasteiger partial charge in [0.1, 0.15) is 22.9 Å². The minimum absolute atomic E-state index is 0.0189. The first kappa shape index (κ1) is 25.6. The number of benzene rings is 3. The molecule has 7 nitrogen and oxygen atoms in total. The molecule has 3 aromatic carbocycles. The maximum absolute atomic E-state index is 13.8. The van der Waals surface area contributed by atoms with Gasteiger partial charge >= 0.3 is 0 Å². The fourth-order valence-electron chi connectivity index (χ4n) is 3.58. The Morgan fingerprint density at radius 2 is 1.56 bits per heavy atom. The minimum atomic E-state index is -4.15. The molecule has 180 valence electrons. The van der Waals surface area contributed by atoms with Crippen LogP contribution in [0.2, 0.25) is 0 Å². The van der Waals surface area contributed by atoms with Crippen molar-refractivity contribution < 1.29 is 22.7 Å². The SMILES string of the molecule is COc1ccc(N(CC(=O)Nc2c(C)cc(Br)cc2C)S(=O)(=O)c2cc(C)ccc2OC)cc1. The van der Waals surface area contributed by atoms with E-state index in [2.05, 4.69) is 21.2 Å². The van der Waals surface area contributed by atoms with Crippen molar-refractivity contribution in [3.63, 3.8) is 0 Å². The Labute approximate surface area is 208 Å². The predicted octanol–water partition coefficient (Wildman–Crippen LogP) is 5.23. The zero-order chi connectivity index (χ0) is 25.0. The van der Waals surface area contributed by atoms with E-state index in [1.165, 1.54) is 20.3 Å². The highest BCUT2D eigenvalue weighted by Gasteiger charge is 2.30. The fraction of sp³-hybridized carbons (Fsp3) is 0.240. The molecule has 0 saturated heterocycles. The molecule has 0 bridgehead atoms. The fourth-order valence-corrected chi connectivity index (χ4v) is 5.94. The molecule has 0 unspecified atom stereocenters. The lowest BCUT2D eigenvalue weighted by atomic mass is 10.1. The molecule has 0 radical (unpaired) electrons. The average Bonchev–Trinajstić information content (AvgIpc) is 2.79. The van der Waals surface area contributed by atoms with E-state index in [-0.39, 0.29) is 10.6 Å². The standard InChI is InChI=1S/C25H27BrN2O5S/c1-16-6-11-22(33-5)23(12-16)34(30,31)28(20-7-9-21(32-4)10-8-20)15-24(29)27-25-17(2)13-19(26)14-18(25)3/h6-14H,15H2,1-5H3,(H,27,29). The lowest BCUT2D eigenvalue weighted by Gasteiger charge is -2.25. The molecule has 0 aromatic heterocycles. The number of halogens is 1. The van der Waals surface area contributed by atoms with Crippen LogP contribution in [0.25, 0.3) is 0 Å². The second kappa shape index (κ2) is 10.5. The summed E-state index contributed by atoms with van der Waals surface area (Å²) in [5.41, 5.74) is 3.44. The van der Waals surface area contributed by atoms with Crippen LogP contribution < -0.4 is 19.1 Å². The van der Waals surface area contributed by atoms with Gasteiger partial charge in [0.15, 0.2) is 0 Å². The van der Waals surface area contributed by atoms with Crippen LogP contribution in [-0.4, -0.2) is 35.1 Å². The average molecular weight is 547 g/mol. The van der Waals surface area contributed by atoms with Crippen LogP contribution in [-0.2, 0) is 14.8 Å². The third-order valence-corrected chi connectivity index (χ3v) is 7.55. The molecule has 0 aliphatic carbocycles. The second-order valence-corrected chi connectivity index (χ2v) is 10.6. The van der Waals surface area contributed by atoms with Crippen molar-refractivity contribution in [2.75, 3.05) is 30.4 Å². The van der Waals surface area contributed by atoms with Crippen LogP contribution in [0.4, 0.5) is 11.4 Å². The summed E-state index contributed by atoms with van der Waals surface area (Å²) < 4.78 is 40.1. The van der Waals surface area contributed by atoms with Crippen molar-refractivity contribution in [2.24, 2.45) is 0 Å². The predicted molar refractivity (Wildman–Crippen MR) is 138 cm³/mol. The van der Waals surface area contributed by atoms with Gasteiger partial charge in [-0.25, -0.2) is 8.42 Å². The van der Waals surface area contributed by atoms with E-state index >= 15 is 0 Å². The summed E-state index contributed by atoms with van der Waals surface area (Å²) in [4.78, 5) is 13.1. The number of anilines is 2. The molecule has 0 fully saturated rings. The van der Waals surface area contributed by atoms with E-state index in [1.54, 1.807) is 43.3 Å². The van der Waals surface area contributed by atoms with Crippen molar-refractivity contribution in [3.05, 3.63) is 75.8 Å². The Hall–Kier alpha value is -3.04. The highest BCUT2D eigenvalue weighted by Crippen LogP contribution is 2.32. The number of nitrogens with zero attached hydrogens (tertiary/aromatic N) is 1. The lowest BCUT2D eigenvalue weighted by molar-refractivity contribution is -0.114. The van der Waals surface area contributed by atoms with E-state index in [4.69, 9.17) is 9.47 Å². The summed E-state index contributed by atoms with van der Waals surface area (Å²) in [5.74, 6) is 0.295. The number of sulfonamides is 1. The largest absolute Gasteiger partial charge is 0.497 e. The maximum atomic E-state index is 13.8. The molecule has 3 rings (SSSR count). The van der Waals surface area contributed by atoms with E-state index in [9.17, 15) is 13.2 Å². The number of aryl methyl sites for hydroxylation is 3. The smallest absolute Gasteiger partial charge is 0.268 e. The van der Waals surface area contributed by atoms with Crippen LogP contribution in [0, 0.1) is 20.8 Å². The number of hydrogen-bond acceptors (Lipinski definition) is 5. The van der Waals surface area contributed by atoms with Gasteiger partial charge in [0, 0.05) is 10.2 Å². The molecule has 0 aliphatic rings. The number of amides is 1. The molecule has 1 N–H and O–H groups in total. The Morgan fingerprint density at radius 3 is 2.12 bits per heavy atom. The first-order valence-corrected chi connectivity index (χ1v) is 12.7. The zero-order valence-electron chi connectivity index (χ0n) is 19.7. The van der Waals surface area contributed by atoms with E-state index in [0.29, 0.717) is 17.1 Å². The van der Waals surface area contributed by atoms with Crippen molar-refractivity contribution in [1.82, 2.24) is 0 Å². The normalized spacial score (nSPS) is 11.1. The van der Waals surface area contributed by atoms with Crippen molar-refractivity contribution in [1.29, 1.82) is 0 Å². The first-order chi connectivity index (χ1) is 16.1. The van der Waals surface area contributed by atoms with Gasteiger partial charge < -0.3 is 14.8 Å². The molecule has 0 spiro atoms. The molecular weight excluding hydrogens is 520 g/mol. The van der Waals surface area contributed by atoms with Gasteiger partial charge in [0.05, 0.1) is 19.9 Å². The molecule has 0 aliphatic heterocycles. The molecule has 34 heavy (non-hydrogen) atoms. The van der Waals surface area contributed by atoms with Crippen LogP contribution in [0.3, 0.4) is 0 Å². The minimum Gasteiger partial charge on any atom is -0.497 e. The van der Waals surface area contributed by atoms with Crippen molar-refractivity contribution in [3.8, 4) is 11.5 Å². The zero-order valence-corrected chi connectivity index (χ0v) is 22.1. The number of carbonyl (C=O) groups excluding carboxylic acids is 1. The number of ether oxygens (including phenoxy) is 2. The second-order valence-electron chi connectivity index (χ2n) is 7.83. The van der Waals surface area contributed by atoms with Gasteiger partial charge in [0.25, 0.3) is 10.0 Å². The summed E-state index contributed by atoms with van der Waals surface area (Å²) in [5, 5.41) is 2.87. The molecule has 0 atom stereocenters. The van der Waals surface area contributed by atoms with Crippen molar-refractivity contribution in [2.45, 2.75) is 25.7 Å². The van der Waals surface area contributed by atoms with E-state index < -0.39 is 22.5 Å². The van der Waals surface area contributed by atoms with Gasteiger partial charge in [-0.1, -0.05) is 22.0 Å². The Morgan fingerprint density at radius 1 is 0.941 bits per heavy atom. The number of methoxy groups -OCH3 is 2. The summed E-state index contributed by atoms with van der Waals surface area (Å²) in [6, 6.07) is 15.2. The maximum Gasteiger partial charge on any atom is 0.268 e. The van der Waals surface area contributed by atoms with E-state index in [0.717, 1.165) is 25.5 Å². The highest BCUT2D eigenvalue weighted by molar-refractivity contribution is 9.10. The van der Waals surface area contributed by atoms with Gasteiger partial charge in [-0.3, -0.25) is 9.10 Å². The lowest BCUT2D eigenvalue weighted by Crippen LogP contribution is -2.38. The summed E-state index contributed by atoms with van der Waals surface area (Å²) in [6.45, 7) is 5.12. The third kappa shape index (κ3) is 5.53. The third-order valence-electron chi connectivity index (χ3n) is 5.30. The Bertz CT molecular complexity index is 1280. The monoisotopic (exact) mass is 546 g/mol. The molecule has 1 amide bonds. The summed E-state index contributed by atoms with van der Waals surface area (Å²) >= 11 is 3.44. The topological polar surface area (TPSA) is 84.9 Å². The van der Waals surface area contributed by atoms with Gasteiger partial charge in [0.2, 0.25) is 5.91 Å². The summed E-state index contributed by atoms with van der Waals surface area (Å²) in [6.07, 6.45) is 0. The Kier molecular flexibility index (Phi) is 7.89. The van der Waals surface area contributed by atoms with Gasteiger partial charge in [-0.2, -0.15) is 0 Å². The van der Waals surface area contributed by atoms with Crippen LogP contribution >= 0.6 is 15.9 Å².